The number of likely N-dealkylation sites (tertiary alicyclic amines) is 2. The van der Waals surface area contributed by atoms with E-state index < -0.39 is 4.92 Å². The van der Waals surface area contributed by atoms with Gasteiger partial charge >= 0.3 is 0 Å². The molecule has 0 aromatic heterocycles. The molecule has 1 aromatic rings. The maximum atomic E-state index is 12.8. The third kappa shape index (κ3) is 5.56. The number of anilines is 1. The quantitative estimate of drug-likeness (QED) is 0.587. The summed E-state index contributed by atoms with van der Waals surface area (Å²) < 4.78 is 0. The van der Waals surface area contributed by atoms with Gasteiger partial charge in [-0.05, 0) is 69.8 Å². The monoisotopic (exact) mass is 416 g/mol. The van der Waals surface area contributed by atoms with E-state index in [1.165, 1.54) is 18.9 Å². The number of carbonyl (C=O) groups is 2. The zero-order chi connectivity index (χ0) is 21.7. The molecule has 1 aromatic carbocycles. The molecule has 3 rings (SSSR count). The van der Waals surface area contributed by atoms with Crippen LogP contribution in [0.25, 0.3) is 0 Å². The number of amides is 2. The summed E-state index contributed by atoms with van der Waals surface area (Å²) in [5.41, 5.74) is 1.85. The minimum absolute atomic E-state index is 0.0447. The third-order valence-corrected chi connectivity index (χ3v) is 6.30. The Morgan fingerprint density at radius 2 is 1.63 bits per heavy atom. The predicted molar refractivity (Wildman–Crippen MR) is 115 cm³/mol. The minimum atomic E-state index is -0.470. The molecule has 0 atom stereocenters. The average Bonchev–Trinajstić information content (AvgIpc) is 3.00. The molecule has 0 radical (unpaired) electrons. The Hall–Kier alpha value is -2.48. The van der Waals surface area contributed by atoms with Gasteiger partial charge < -0.3 is 10.2 Å². The maximum absolute atomic E-state index is 12.8. The molecule has 0 aliphatic carbocycles. The lowest BCUT2D eigenvalue weighted by Crippen LogP contribution is -2.44. The molecule has 2 saturated heterocycles. The van der Waals surface area contributed by atoms with Crippen molar-refractivity contribution in [3.8, 4) is 0 Å². The number of hydrogen-bond donors (Lipinski definition) is 1. The average molecular weight is 417 g/mol. The number of benzene rings is 1. The van der Waals surface area contributed by atoms with Gasteiger partial charge in [0.1, 0.15) is 5.69 Å². The molecular formula is C22H32N4O4. The molecule has 1 N–H and O–H groups in total. The molecule has 2 aliphatic heterocycles. The van der Waals surface area contributed by atoms with Crippen molar-refractivity contribution in [2.45, 2.75) is 52.4 Å². The second-order valence-electron chi connectivity index (χ2n) is 8.55. The Morgan fingerprint density at radius 3 is 2.23 bits per heavy atom. The summed E-state index contributed by atoms with van der Waals surface area (Å²) in [7, 11) is 0. The lowest BCUT2D eigenvalue weighted by atomic mass is 9.95. The topological polar surface area (TPSA) is 95.8 Å². The van der Waals surface area contributed by atoms with Crippen molar-refractivity contribution in [2.24, 2.45) is 5.92 Å². The van der Waals surface area contributed by atoms with Crippen molar-refractivity contribution >= 4 is 23.2 Å². The van der Waals surface area contributed by atoms with Gasteiger partial charge in [-0.1, -0.05) is 12.8 Å². The van der Waals surface area contributed by atoms with Gasteiger partial charge in [0.15, 0.2) is 0 Å². The van der Waals surface area contributed by atoms with E-state index in [0.717, 1.165) is 49.9 Å². The molecule has 2 amide bonds. The highest BCUT2D eigenvalue weighted by atomic mass is 16.6. The van der Waals surface area contributed by atoms with Crippen molar-refractivity contribution in [3.05, 3.63) is 33.4 Å². The largest absolute Gasteiger partial charge is 0.342 e. The van der Waals surface area contributed by atoms with Gasteiger partial charge in [0, 0.05) is 25.1 Å². The van der Waals surface area contributed by atoms with Crippen LogP contribution in [0.15, 0.2) is 12.1 Å². The smallest absolute Gasteiger partial charge is 0.293 e. The number of nitro groups is 1. The fourth-order valence-electron chi connectivity index (χ4n) is 4.33. The van der Waals surface area contributed by atoms with Crippen LogP contribution < -0.4 is 5.32 Å². The Bertz CT molecular complexity index is 795. The van der Waals surface area contributed by atoms with Crippen molar-refractivity contribution in [2.75, 3.05) is 38.0 Å². The molecule has 30 heavy (non-hydrogen) atoms. The van der Waals surface area contributed by atoms with Gasteiger partial charge in [0.05, 0.1) is 11.5 Å². The fourth-order valence-corrected chi connectivity index (χ4v) is 4.33. The highest BCUT2D eigenvalue weighted by molar-refractivity contribution is 5.94. The molecule has 2 heterocycles. The Kier molecular flexibility index (Phi) is 7.42. The zero-order valence-electron chi connectivity index (χ0n) is 18.0. The van der Waals surface area contributed by atoms with E-state index in [-0.39, 0.29) is 35.7 Å². The molecule has 164 valence electrons. The molecule has 0 saturated carbocycles. The maximum Gasteiger partial charge on any atom is 0.293 e. The molecule has 2 aliphatic rings. The van der Waals surface area contributed by atoms with Crippen LogP contribution in [0, 0.1) is 29.9 Å². The second-order valence-corrected chi connectivity index (χ2v) is 8.55. The number of hydrogen-bond acceptors (Lipinski definition) is 5. The normalized spacial score (nSPS) is 18.7. The number of aryl methyl sites for hydroxylation is 2. The van der Waals surface area contributed by atoms with Crippen LogP contribution >= 0.6 is 0 Å². The first kappa shape index (κ1) is 22.2. The lowest BCUT2D eigenvalue weighted by molar-refractivity contribution is -0.384. The van der Waals surface area contributed by atoms with E-state index in [1.54, 1.807) is 6.07 Å². The van der Waals surface area contributed by atoms with Gasteiger partial charge in [-0.3, -0.25) is 24.6 Å². The van der Waals surface area contributed by atoms with E-state index >= 15 is 0 Å². The molecular weight excluding hydrogens is 384 g/mol. The molecule has 0 bridgehead atoms. The van der Waals surface area contributed by atoms with Gasteiger partial charge in [0.25, 0.3) is 5.69 Å². The van der Waals surface area contributed by atoms with Crippen LogP contribution in [-0.2, 0) is 9.59 Å². The molecule has 8 nitrogen and oxygen atoms in total. The minimum Gasteiger partial charge on any atom is -0.342 e. The number of nitrogens with zero attached hydrogens (tertiary/aromatic N) is 3. The van der Waals surface area contributed by atoms with Crippen LogP contribution in [0.2, 0.25) is 0 Å². The van der Waals surface area contributed by atoms with E-state index in [2.05, 4.69) is 5.32 Å². The Morgan fingerprint density at radius 1 is 1.03 bits per heavy atom. The van der Waals surface area contributed by atoms with Crippen molar-refractivity contribution in [1.29, 1.82) is 0 Å². The van der Waals surface area contributed by atoms with Gasteiger partial charge in [-0.2, -0.15) is 0 Å². The number of carbonyl (C=O) groups excluding carboxylic acids is 2. The summed E-state index contributed by atoms with van der Waals surface area (Å²) >= 11 is 0. The first-order valence-electron chi connectivity index (χ1n) is 10.9. The van der Waals surface area contributed by atoms with Crippen LogP contribution in [0.5, 0.6) is 0 Å². The number of nitro benzene ring substituents is 1. The lowest BCUT2D eigenvalue weighted by Gasteiger charge is -2.33. The summed E-state index contributed by atoms with van der Waals surface area (Å²) in [5, 5.41) is 14.0. The zero-order valence-corrected chi connectivity index (χ0v) is 18.0. The van der Waals surface area contributed by atoms with Crippen LogP contribution in [-0.4, -0.2) is 59.3 Å². The third-order valence-electron chi connectivity index (χ3n) is 6.30. The highest BCUT2D eigenvalue weighted by Crippen LogP contribution is 2.28. The number of nitrogens with one attached hydrogen (secondary N) is 1. The van der Waals surface area contributed by atoms with E-state index in [1.807, 2.05) is 23.6 Å². The summed E-state index contributed by atoms with van der Waals surface area (Å²) in [6.07, 6.45) is 6.11. The number of piperidine rings is 1. The SMILES string of the molecule is Cc1cc(NC(=O)CN2CCC(C(=O)N3CCCCCC3)CC2)c([N+](=O)[O-])cc1C. The summed E-state index contributed by atoms with van der Waals surface area (Å²) in [4.78, 5) is 40.2. The number of rotatable bonds is 5. The van der Waals surface area contributed by atoms with Crippen molar-refractivity contribution in [3.63, 3.8) is 0 Å². The molecule has 0 unspecified atom stereocenters. The summed E-state index contributed by atoms with van der Waals surface area (Å²) in [6, 6.07) is 3.14. The molecule has 8 heteroatoms. The Balaban J connectivity index is 1.51. The predicted octanol–water partition coefficient (Wildman–Crippen LogP) is 3.26. The van der Waals surface area contributed by atoms with E-state index in [0.29, 0.717) is 13.1 Å². The van der Waals surface area contributed by atoms with Crippen molar-refractivity contribution in [1.82, 2.24) is 9.80 Å². The fraction of sp³-hybridized carbons (Fsp3) is 0.636. The summed E-state index contributed by atoms with van der Waals surface area (Å²) in [5.74, 6) is 0.0497. The first-order chi connectivity index (χ1) is 14.3. The molecule has 2 fully saturated rings. The van der Waals surface area contributed by atoms with Crippen LogP contribution in [0.1, 0.15) is 49.7 Å². The highest BCUT2D eigenvalue weighted by Gasteiger charge is 2.29. The Labute approximate surface area is 177 Å². The van der Waals surface area contributed by atoms with Crippen molar-refractivity contribution < 1.29 is 14.5 Å². The van der Waals surface area contributed by atoms with Gasteiger partial charge in [-0.15, -0.1) is 0 Å². The van der Waals surface area contributed by atoms with Crippen LogP contribution in [0.3, 0.4) is 0 Å². The standard InChI is InChI=1S/C22H32N4O4/c1-16-13-19(20(26(29)30)14-17(16)2)23-21(27)15-24-11-7-18(8-12-24)22(28)25-9-5-3-4-6-10-25/h13-14,18H,3-12,15H2,1-2H3,(H,23,27). The van der Waals surface area contributed by atoms with Crippen LogP contribution in [0.4, 0.5) is 11.4 Å². The van der Waals surface area contributed by atoms with Gasteiger partial charge in [0.2, 0.25) is 11.8 Å². The molecule has 0 spiro atoms. The van der Waals surface area contributed by atoms with Gasteiger partial charge in [-0.25, -0.2) is 0 Å². The van der Waals surface area contributed by atoms with E-state index in [4.69, 9.17) is 0 Å². The second kappa shape index (κ2) is 10.0. The van der Waals surface area contributed by atoms with E-state index in [9.17, 15) is 19.7 Å². The summed E-state index contributed by atoms with van der Waals surface area (Å²) in [6.45, 7) is 6.96. The first-order valence-corrected chi connectivity index (χ1v) is 10.9.